The Morgan fingerprint density at radius 2 is 1.95 bits per heavy atom. The highest BCUT2D eigenvalue weighted by molar-refractivity contribution is 6.03. The molecule has 0 fully saturated rings. The van der Waals surface area contributed by atoms with Gasteiger partial charge < -0.3 is 5.73 Å². The molecule has 0 spiro atoms. The molecule has 19 heavy (non-hydrogen) atoms. The van der Waals surface area contributed by atoms with Crippen LogP contribution < -0.4 is 11.1 Å². The lowest BCUT2D eigenvalue weighted by atomic mass is 10.2. The molecule has 0 heterocycles. The molecule has 0 unspecified atom stereocenters. The fourth-order valence-corrected chi connectivity index (χ4v) is 1.03. The molecule has 1 rings (SSSR count). The third-order valence-electron chi connectivity index (χ3n) is 1.73. The minimum atomic E-state index is -4.95. The third kappa shape index (κ3) is 6.71. The second-order valence-corrected chi connectivity index (χ2v) is 3.25. The third-order valence-corrected chi connectivity index (χ3v) is 1.73. The van der Waals surface area contributed by atoms with E-state index in [2.05, 4.69) is 9.99 Å². The van der Waals surface area contributed by atoms with E-state index < -0.39 is 18.2 Å². The van der Waals surface area contributed by atoms with Gasteiger partial charge in [0, 0.05) is 6.08 Å². The van der Waals surface area contributed by atoms with Crippen molar-refractivity contribution in [2.24, 2.45) is 10.9 Å². The van der Waals surface area contributed by atoms with Crippen LogP contribution in [-0.2, 0) is 9.63 Å². The molecule has 102 valence electrons. The number of nitrogens with zero attached hydrogens (tertiary/aromatic N) is 1. The zero-order chi connectivity index (χ0) is 14.3. The summed E-state index contributed by atoms with van der Waals surface area (Å²) >= 11 is 0. The standard InChI is InChI=1S/C11H10F3N3O2/c12-11(13,14)19-17-10(15)16-9(18)7-6-8-4-2-1-3-5-8/h1-7H,(H3,15,16,17,18). The molecule has 0 saturated heterocycles. The first-order valence-corrected chi connectivity index (χ1v) is 4.99. The summed E-state index contributed by atoms with van der Waals surface area (Å²) in [5, 5.41) is 4.39. The van der Waals surface area contributed by atoms with E-state index in [1.807, 2.05) is 5.32 Å². The topological polar surface area (TPSA) is 76.7 Å². The highest BCUT2D eigenvalue weighted by Gasteiger charge is 2.31. The van der Waals surface area contributed by atoms with Crippen molar-refractivity contribution in [3.8, 4) is 0 Å². The van der Waals surface area contributed by atoms with Crippen molar-refractivity contribution in [3.05, 3.63) is 42.0 Å². The van der Waals surface area contributed by atoms with Gasteiger partial charge in [0.05, 0.1) is 0 Å². The number of hydrogen-bond acceptors (Lipinski definition) is 3. The summed E-state index contributed by atoms with van der Waals surface area (Å²) in [4.78, 5) is 14.3. The molecule has 8 heteroatoms. The number of rotatable bonds is 3. The van der Waals surface area contributed by atoms with Gasteiger partial charge in [-0.2, -0.15) is 0 Å². The van der Waals surface area contributed by atoms with Gasteiger partial charge in [0.1, 0.15) is 0 Å². The number of carbonyl (C=O) groups is 1. The molecule has 0 saturated carbocycles. The van der Waals surface area contributed by atoms with Crippen molar-refractivity contribution >= 4 is 17.9 Å². The Morgan fingerprint density at radius 3 is 2.53 bits per heavy atom. The number of alkyl halides is 3. The Morgan fingerprint density at radius 1 is 1.32 bits per heavy atom. The lowest BCUT2D eigenvalue weighted by Crippen LogP contribution is -2.36. The fourth-order valence-electron chi connectivity index (χ4n) is 1.03. The highest BCUT2D eigenvalue weighted by Crippen LogP contribution is 2.15. The molecule has 1 amide bonds. The molecular weight excluding hydrogens is 263 g/mol. The number of halogens is 3. The van der Waals surface area contributed by atoms with Gasteiger partial charge >= 0.3 is 6.36 Å². The normalized spacial score (nSPS) is 12.5. The van der Waals surface area contributed by atoms with E-state index in [9.17, 15) is 18.0 Å². The maximum absolute atomic E-state index is 11.6. The first kappa shape index (κ1) is 14.6. The van der Waals surface area contributed by atoms with Crippen molar-refractivity contribution < 1.29 is 22.8 Å². The largest absolute Gasteiger partial charge is 0.593 e. The second kappa shape index (κ2) is 6.43. The van der Waals surface area contributed by atoms with Crippen molar-refractivity contribution in [1.29, 1.82) is 0 Å². The summed E-state index contributed by atoms with van der Waals surface area (Å²) in [5.41, 5.74) is 5.76. The molecule has 5 nitrogen and oxygen atoms in total. The number of carbonyl (C=O) groups excluding carboxylic acids is 1. The van der Waals surface area contributed by atoms with Gasteiger partial charge in [-0.25, -0.2) is 0 Å². The number of nitrogens with two attached hydrogens (primary N) is 1. The molecule has 0 aromatic heterocycles. The summed E-state index contributed by atoms with van der Waals surface area (Å²) in [6, 6.07) is 8.83. The summed E-state index contributed by atoms with van der Waals surface area (Å²) in [6.07, 6.45) is -2.38. The van der Waals surface area contributed by atoms with E-state index in [0.717, 1.165) is 11.6 Å². The van der Waals surface area contributed by atoms with Crippen LogP contribution in [0.1, 0.15) is 5.56 Å². The Bertz CT molecular complexity index is 484. The Balaban J connectivity index is 2.49. The Labute approximate surface area is 106 Å². The number of guanidine groups is 1. The molecule has 0 atom stereocenters. The van der Waals surface area contributed by atoms with Crippen LogP contribution in [0, 0.1) is 0 Å². The number of oxime groups is 1. The molecule has 1 aromatic carbocycles. The van der Waals surface area contributed by atoms with Crippen molar-refractivity contribution in [2.75, 3.05) is 0 Å². The van der Waals surface area contributed by atoms with Gasteiger partial charge in [-0.3, -0.25) is 14.9 Å². The van der Waals surface area contributed by atoms with Gasteiger partial charge in [0.15, 0.2) is 0 Å². The van der Waals surface area contributed by atoms with Crippen LogP contribution in [0.15, 0.2) is 41.6 Å². The zero-order valence-electron chi connectivity index (χ0n) is 9.52. The summed E-state index contributed by atoms with van der Waals surface area (Å²) < 4.78 is 34.8. The highest BCUT2D eigenvalue weighted by atomic mass is 19.4. The van der Waals surface area contributed by atoms with Crippen molar-refractivity contribution in [3.63, 3.8) is 0 Å². The van der Waals surface area contributed by atoms with Crippen LogP contribution >= 0.6 is 0 Å². The van der Waals surface area contributed by atoms with Crippen molar-refractivity contribution in [1.82, 2.24) is 5.32 Å². The average molecular weight is 273 g/mol. The van der Waals surface area contributed by atoms with Crippen LogP contribution in [0.4, 0.5) is 13.2 Å². The van der Waals surface area contributed by atoms with E-state index in [-0.39, 0.29) is 0 Å². The van der Waals surface area contributed by atoms with Crippen LogP contribution in [0.2, 0.25) is 0 Å². The Kier molecular flexibility index (Phi) is 4.92. The van der Waals surface area contributed by atoms with E-state index in [0.29, 0.717) is 0 Å². The number of benzene rings is 1. The van der Waals surface area contributed by atoms with Crippen LogP contribution in [0.25, 0.3) is 6.08 Å². The maximum Gasteiger partial charge on any atom is 0.593 e. The minimum Gasteiger partial charge on any atom is -0.367 e. The van der Waals surface area contributed by atoms with Gasteiger partial charge in [-0.15, -0.1) is 13.2 Å². The molecule has 0 radical (unpaired) electrons. The SMILES string of the molecule is NC(=NOC(F)(F)F)NC(=O)C=Cc1ccccc1. The fraction of sp³-hybridized carbons (Fsp3) is 0.0909. The van der Waals surface area contributed by atoms with Gasteiger partial charge in [-0.05, 0) is 16.8 Å². The quantitative estimate of drug-likeness (QED) is 0.380. The lowest BCUT2D eigenvalue weighted by molar-refractivity contribution is -0.325. The molecular formula is C11H10F3N3O2. The maximum atomic E-state index is 11.6. The van der Waals surface area contributed by atoms with Gasteiger partial charge in [0.2, 0.25) is 5.96 Å². The molecule has 0 aliphatic heterocycles. The summed E-state index contributed by atoms with van der Waals surface area (Å²) in [5.74, 6) is -1.52. The molecule has 1 aromatic rings. The van der Waals surface area contributed by atoms with E-state index >= 15 is 0 Å². The number of amides is 1. The number of hydrogen-bond donors (Lipinski definition) is 2. The first-order valence-electron chi connectivity index (χ1n) is 4.99. The minimum absolute atomic E-state index is 0.726. The van der Waals surface area contributed by atoms with Crippen molar-refractivity contribution in [2.45, 2.75) is 6.36 Å². The molecule has 0 aliphatic rings. The van der Waals surface area contributed by atoms with Crippen LogP contribution in [0.3, 0.4) is 0 Å². The first-order chi connectivity index (χ1) is 8.87. The van der Waals surface area contributed by atoms with E-state index in [1.54, 1.807) is 30.3 Å². The van der Waals surface area contributed by atoms with Gasteiger partial charge in [0.25, 0.3) is 5.91 Å². The zero-order valence-corrected chi connectivity index (χ0v) is 9.52. The number of nitrogens with one attached hydrogen (secondary N) is 1. The molecule has 0 aliphatic carbocycles. The molecule has 0 bridgehead atoms. The van der Waals surface area contributed by atoms with Crippen LogP contribution in [-0.4, -0.2) is 18.2 Å². The monoisotopic (exact) mass is 273 g/mol. The predicted octanol–water partition coefficient (Wildman–Crippen LogP) is 1.58. The smallest absolute Gasteiger partial charge is 0.367 e. The predicted molar refractivity (Wildman–Crippen MR) is 62.4 cm³/mol. The van der Waals surface area contributed by atoms with Crippen LogP contribution in [0.5, 0.6) is 0 Å². The second-order valence-electron chi connectivity index (χ2n) is 3.25. The average Bonchev–Trinajstić information content (AvgIpc) is 2.34. The molecule has 3 N–H and O–H groups in total. The van der Waals surface area contributed by atoms with E-state index in [1.165, 1.54) is 6.08 Å². The summed E-state index contributed by atoms with van der Waals surface area (Å²) in [6.45, 7) is 0. The van der Waals surface area contributed by atoms with Gasteiger partial charge in [-0.1, -0.05) is 30.3 Å². The summed E-state index contributed by atoms with van der Waals surface area (Å²) in [7, 11) is 0. The Hall–Kier alpha value is -2.51. The van der Waals surface area contributed by atoms with E-state index in [4.69, 9.17) is 5.73 Å². The lowest BCUT2D eigenvalue weighted by Gasteiger charge is -2.03.